The maximum atomic E-state index is 12.3. The third kappa shape index (κ3) is 0.898. The Labute approximate surface area is 108 Å². The van der Waals surface area contributed by atoms with Gasteiger partial charge in [-0.05, 0) is 0 Å². The third-order valence-electron chi connectivity index (χ3n) is 5.32. The molecule has 1 amide bonds. The highest BCUT2D eigenvalue weighted by Crippen LogP contribution is 2.69. The number of carbonyl (C=O) groups excluding carboxylic acids is 3. The van der Waals surface area contributed by atoms with Crippen molar-refractivity contribution in [3.05, 3.63) is 0 Å². The first-order valence-electron chi connectivity index (χ1n) is 6.28. The predicted molar refractivity (Wildman–Crippen MR) is 57.3 cm³/mol. The van der Waals surface area contributed by atoms with Gasteiger partial charge in [0.1, 0.15) is 11.5 Å². The van der Waals surface area contributed by atoms with Crippen molar-refractivity contribution in [3.63, 3.8) is 0 Å². The lowest BCUT2D eigenvalue weighted by Crippen LogP contribution is -2.49. The average Bonchev–Trinajstić information content (AvgIpc) is 2.93. The number of amides is 1. The molecule has 4 aliphatic rings. The number of aliphatic hydroxyl groups excluding tert-OH is 1. The summed E-state index contributed by atoms with van der Waals surface area (Å²) in [6.45, 7) is 0. The van der Waals surface area contributed by atoms with E-state index < -0.39 is 41.2 Å². The van der Waals surface area contributed by atoms with E-state index in [0.29, 0.717) is 0 Å². The van der Waals surface area contributed by atoms with Crippen LogP contribution in [0.25, 0.3) is 0 Å². The maximum Gasteiger partial charge on any atom is 0.319 e. The highest BCUT2D eigenvalue weighted by Gasteiger charge is 2.84. The molecule has 1 N–H and O–H groups in total. The summed E-state index contributed by atoms with van der Waals surface area (Å²) in [6.07, 6.45) is -2.23. The Kier molecular flexibility index (Phi) is 1.73. The van der Waals surface area contributed by atoms with Crippen molar-refractivity contribution in [2.24, 2.45) is 10.8 Å². The van der Waals surface area contributed by atoms with E-state index >= 15 is 0 Å². The zero-order valence-corrected chi connectivity index (χ0v) is 10.3. The number of hydrogen-bond donors (Lipinski definition) is 1. The van der Waals surface area contributed by atoms with Gasteiger partial charge in [-0.15, -0.1) is 0 Å². The van der Waals surface area contributed by atoms with Crippen LogP contribution in [0.5, 0.6) is 0 Å². The zero-order valence-electron chi connectivity index (χ0n) is 10.3. The molecule has 7 heteroatoms. The summed E-state index contributed by atoms with van der Waals surface area (Å²) in [6, 6.07) is 0. The lowest BCUT2D eigenvalue weighted by atomic mass is 9.63. The molecule has 1 aliphatic carbocycles. The monoisotopic (exact) mass is 267 g/mol. The summed E-state index contributed by atoms with van der Waals surface area (Å²) in [5.41, 5.74) is -2.22. The summed E-state index contributed by atoms with van der Waals surface area (Å²) in [7, 11) is 1.55. The molecule has 0 aromatic carbocycles. The van der Waals surface area contributed by atoms with E-state index in [0.717, 1.165) is 0 Å². The molecule has 3 aliphatic heterocycles. The Morgan fingerprint density at radius 3 is 2.74 bits per heavy atom. The topological polar surface area (TPSA) is 93.1 Å². The van der Waals surface area contributed by atoms with Gasteiger partial charge in [0.2, 0.25) is 5.91 Å². The van der Waals surface area contributed by atoms with Crippen LogP contribution in [0.3, 0.4) is 0 Å². The van der Waals surface area contributed by atoms with E-state index in [-0.39, 0.29) is 25.2 Å². The Bertz CT molecular complexity index is 532. The molecule has 0 aromatic heterocycles. The highest BCUT2D eigenvalue weighted by atomic mass is 16.6. The number of carbonyl (C=O) groups is 3. The molecule has 0 aromatic rings. The summed E-state index contributed by atoms with van der Waals surface area (Å²) in [5, 5.41) is 10.4. The quantitative estimate of drug-likeness (QED) is 0.553. The first-order valence-corrected chi connectivity index (χ1v) is 6.28. The smallest absolute Gasteiger partial charge is 0.319 e. The van der Waals surface area contributed by atoms with Crippen LogP contribution in [0.4, 0.5) is 0 Å². The van der Waals surface area contributed by atoms with Crippen LogP contribution in [-0.2, 0) is 23.9 Å². The fourth-order valence-corrected chi connectivity index (χ4v) is 4.45. The fourth-order valence-electron chi connectivity index (χ4n) is 4.45. The molecule has 19 heavy (non-hydrogen) atoms. The first kappa shape index (κ1) is 11.2. The summed E-state index contributed by atoms with van der Waals surface area (Å²) >= 11 is 0. The van der Waals surface area contributed by atoms with Crippen molar-refractivity contribution in [3.8, 4) is 0 Å². The van der Waals surface area contributed by atoms with Crippen LogP contribution in [-0.4, -0.2) is 53.3 Å². The van der Waals surface area contributed by atoms with Crippen LogP contribution >= 0.6 is 0 Å². The number of hydrogen-bond acceptors (Lipinski definition) is 6. The largest absolute Gasteiger partial charge is 0.461 e. The Morgan fingerprint density at radius 1 is 1.26 bits per heavy atom. The normalized spacial score (nSPS) is 50.9. The molecule has 7 nitrogen and oxygen atoms in total. The number of likely N-dealkylation sites (tertiary alicyclic amines) is 1. The number of esters is 2. The number of ether oxygens (including phenoxy) is 2. The standard InChI is InChI=1S/C12H13NO6/c1-13-7(15)3-11-5(14)2-6-12(11,4-8(16)18-6)10(17)19-9(11)13/h5-6,9,14H,2-4H2,1H3/t5-,6-,9-,11?,12-/m0/s1. The van der Waals surface area contributed by atoms with Crippen LogP contribution in [0.15, 0.2) is 0 Å². The average molecular weight is 267 g/mol. The molecule has 3 saturated heterocycles. The van der Waals surface area contributed by atoms with Crippen LogP contribution < -0.4 is 0 Å². The Balaban J connectivity index is 1.94. The fraction of sp³-hybridized carbons (Fsp3) is 0.750. The van der Waals surface area contributed by atoms with Gasteiger partial charge >= 0.3 is 11.9 Å². The minimum absolute atomic E-state index is 0.0220. The minimum atomic E-state index is -1.19. The Hall–Kier alpha value is -1.63. The Morgan fingerprint density at radius 2 is 2.00 bits per heavy atom. The van der Waals surface area contributed by atoms with Gasteiger partial charge in [-0.1, -0.05) is 0 Å². The van der Waals surface area contributed by atoms with Crippen LogP contribution in [0.2, 0.25) is 0 Å². The lowest BCUT2D eigenvalue weighted by Gasteiger charge is -2.34. The molecular formula is C12H13NO6. The van der Waals surface area contributed by atoms with Crippen molar-refractivity contribution in [1.82, 2.24) is 4.90 Å². The molecule has 4 rings (SSSR count). The van der Waals surface area contributed by atoms with Crippen LogP contribution in [0, 0.1) is 10.8 Å². The summed E-state index contributed by atoms with van der Waals surface area (Å²) in [4.78, 5) is 37.2. The van der Waals surface area contributed by atoms with Gasteiger partial charge in [0.15, 0.2) is 6.23 Å². The molecule has 2 spiro atoms. The van der Waals surface area contributed by atoms with Crippen molar-refractivity contribution < 1.29 is 29.0 Å². The first-order chi connectivity index (χ1) is 8.93. The van der Waals surface area contributed by atoms with E-state index in [4.69, 9.17) is 9.47 Å². The van der Waals surface area contributed by atoms with E-state index in [1.807, 2.05) is 0 Å². The second-order valence-electron chi connectivity index (χ2n) is 5.86. The van der Waals surface area contributed by atoms with Gasteiger partial charge in [0.05, 0.1) is 17.9 Å². The number of rotatable bonds is 0. The molecule has 5 atom stereocenters. The molecule has 0 bridgehead atoms. The van der Waals surface area contributed by atoms with Crippen LogP contribution in [0.1, 0.15) is 19.3 Å². The van der Waals surface area contributed by atoms with Crippen molar-refractivity contribution in [1.29, 1.82) is 0 Å². The van der Waals surface area contributed by atoms with Gasteiger partial charge in [-0.25, -0.2) is 0 Å². The second-order valence-corrected chi connectivity index (χ2v) is 5.86. The number of aliphatic hydroxyl groups is 1. The molecule has 3 heterocycles. The zero-order chi connectivity index (χ0) is 13.6. The molecular weight excluding hydrogens is 254 g/mol. The highest BCUT2D eigenvalue weighted by molar-refractivity contribution is 5.94. The maximum absolute atomic E-state index is 12.3. The van der Waals surface area contributed by atoms with Gasteiger partial charge < -0.3 is 19.5 Å². The lowest BCUT2D eigenvalue weighted by molar-refractivity contribution is -0.157. The molecule has 1 saturated carbocycles. The molecule has 4 fully saturated rings. The van der Waals surface area contributed by atoms with E-state index in [2.05, 4.69) is 0 Å². The van der Waals surface area contributed by atoms with Crippen molar-refractivity contribution in [2.75, 3.05) is 7.05 Å². The summed E-state index contributed by atoms with van der Waals surface area (Å²) < 4.78 is 10.5. The third-order valence-corrected chi connectivity index (χ3v) is 5.32. The van der Waals surface area contributed by atoms with Gasteiger partial charge in [0, 0.05) is 19.9 Å². The molecule has 1 unspecified atom stereocenters. The van der Waals surface area contributed by atoms with Gasteiger partial charge in [0.25, 0.3) is 0 Å². The van der Waals surface area contributed by atoms with E-state index in [1.54, 1.807) is 7.05 Å². The van der Waals surface area contributed by atoms with Crippen molar-refractivity contribution >= 4 is 17.8 Å². The molecule has 0 radical (unpaired) electrons. The SMILES string of the molecule is CN1C(=O)CC23[C@@H]1OC(=O)[C@@]21CC(=O)O[C@H]1C[C@@H]3O. The van der Waals surface area contributed by atoms with Crippen molar-refractivity contribution in [2.45, 2.75) is 37.7 Å². The number of nitrogens with zero attached hydrogens (tertiary/aromatic N) is 1. The second kappa shape index (κ2) is 2.92. The van der Waals surface area contributed by atoms with E-state index in [9.17, 15) is 19.5 Å². The van der Waals surface area contributed by atoms with Gasteiger partial charge in [-0.2, -0.15) is 0 Å². The van der Waals surface area contributed by atoms with Gasteiger partial charge in [-0.3, -0.25) is 14.4 Å². The minimum Gasteiger partial charge on any atom is -0.461 e. The van der Waals surface area contributed by atoms with E-state index in [1.165, 1.54) is 4.90 Å². The summed E-state index contributed by atoms with van der Waals surface area (Å²) in [5.74, 6) is -1.17. The predicted octanol–water partition coefficient (Wildman–Crippen LogP) is -1.22. The molecule has 102 valence electrons.